The lowest BCUT2D eigenvalue weighted by atomic mass is 10.3. The summed E-state index contributed by atoms with van der Waals surface area (Å²) in [7, 11) is 1.63. The van der Waals surface area contributed by atoms with Gasteiger partial charge in [0.1, 0.15) is 22.5 Å². The lowest BCUT2D eigenvalue weighted by molar-refractivity contribution is 0.415. The number of nitrogens with zero attached hydrogens (tertiary/aromatic N) is 2. The van der Waals surface area contributed by atoms with Crippen LogP contribution in [0.25, 0.3) is 0 Å². The molecule has 1 aromatic carbocycles. The number of aryl methyl sites for hydroxylation is 1. The molecule has 1 heterocycles. The largest absolute Gasteiger partial charge is 0.497 e. The molecule has 0 aliphatic rings. The van der Waals surface area contributed by atoms with Gasteiger partial charge in [0, 0.05) is 28.7 Å². The summed E-state index contributed by atoms with van der Waals surface area (Å²) in [6.45, 7) is 1.98. The highest BCUT2D eigenvalue weighted by molar-refractivity contribution is 9.10. The molecule has 0 fully saturated rings. The van der Waals surface area contributed by atoms with Gasteiger partial charge >= 0.3 is 0 Å². The van der Waals surface area contributed by atoms with Crippen LogP contribution in [0.3, 0.4) is 0 Å². The van der Waals surface area contributed by atoms with Crippen molar-refractivity contribution in [3.8, 4) is 5.75 Å². The maximum atomic E-state index is 5.96. The van der Waals surface area contributed by atoms with Crippen molar-refractivity contribution < 1.29 is 4.74 Å². The normalized spacial score (nSPS) is 10.3. The van der Waals surface area contributed by atoms with Crippen molar-refractivity contribution in [3.05, 3.63) is 39.7 Å². The fourth-order valence-corrected chi connectivity index (χ4v) is 2.26. The molecular formula is C13H13BrClN3O. The maximum absolute atomic E-state index is 5.96. The first kappa shape index (κ1) is 14.1. The van der Waals surface area contributed by atoms with E-state index < -0.39 is 0 Å². The number of rotatable bonds is 4. The van der Waals surface area contributed by atoms with Gasteiger partial charge in [0.15, 0.2) is 0 Å². The number of nitrogens with one attached hydrogen (secondary N) is 1. The summed E-state index contributed by atoms with van der Waals surface area (Å²) in [6.07, 6.45) is 0.733. The molecule has 100 valence electrons. The molecule has 0 bridgehead atoms. The smallest absolute Gasteiger partial charge is 0.135 e. The number of benzene rings is 1. The quantitative estimate of drug-likeness (QED) is 0.846. The minimum Gasteiger partial charge on any atom is -0.497 e. The molecule has 4 nitrogen and oxygen atoms in total. The van der Waals surface area contributed by atoms with Crippen LogP contribution in [0, 0.1) is 0 Å². The van der Waals surface area contributed by atoms with Gasteiger partial charge in [-0.3, -0.25) is 0 Å². The zero-order valence-corrected chi connectivity index (χ0v) is 12.9. The van der Waals surface area contributed by atoms with Gasteiger partial charge < -0.3 is 10.1 Å². The second kappa shape index (κ2) is 6.21. The van der Waals surface area contributed by atoms with Crippen LogP contribution in [0.5, 0.6) is 5.75 Å². The molecule has 19 heavy (non-hydrogen) atoms. The molecule has 0 aliphatic carbocycles. The standard InChI is InChI=1S/C13H13BrClN3O/c1-3-12-17-11(15)7-13(18-12)16-9-4-8(14)5-10(6-9)19-2/h4-7H,3H2,1-2H3,(H,16,17,18). The molecule has 6 heteroatoms. The van der Waals surface area contributed by atoms with E-state index in [0.29, 0.717) is 16.8 Å². The third kappa shape index (κ3) is 3.81. The highest BCUT2D eigenvalue weighted by Crippen LogP contribution is 2.26. The number of anilines is 2. The fraction of sp³-hybridized carbons (Fsp3) is 0.231. The van der Waals surface area contributed by atoms with Crippen LogP contribution in [0.1, 0.15) is 12.7 Å². The molecule has 2 rings (SSSR count). The zero-order chi connectivity index (χ0) is 13.8. The number of ether oxygens (including phenoxy) is 1. The van der Waals surface area contributed by atoms with Gasteiger partial charge in [0.2, 0.25) is 0 Å². The Bertz CT molecular complexity index is 541. The van der Waals surface area contributed by atoms with Crippen molar-refractivity contribution in [2.24, 2.45) is 0 Å². The van der Waals surface area contributed by atoms with E-state index in [1.807, 2.05) is 25.1 Å². The highest BCUT2D eigenvalue weighted by atomic mass is 79.9. The van der Waals surface area contributed by atoms with Gasteiger partial charge in [-0.2, -0.15) is 0 Å². The van der Waals surface area contributed by atoms with E-state index in [4.69, 9.17) is 16.3 Å². The van der Waals surface area contributed by atoms with Crippen LogP contribution in [-0.2, 0) is 6.42 Å². The lowest BCUT2D eigenvalue weighted by Crippen LogP contribution is -2.00. The third-order valence-corrected chi connectivity index (χ3v) is 3.09. The predicted octanol–water partition coefficient (Wildman–Crippen LogP) is 4.21. The van der Waals surface area contributed by atoms with E-state index in [1.165, 1.54) is 0 Å². The van der Waals surface area contributed by atoms with Crippen molar-refractivity contribution in [1.82, 2.24) is 9.97 Å². The topological polar surface area (TPSA) is 47.0 Å². The Hall–Kier alpha value is -1.33. The molecule has 1 aromatic heterocycles. The van der Waals surface area contributed by atoms with Crippen LogP contribution in [0.2, 0.25) is 5.15 Å². The molecule has 0 amide bonds. The van der Waals surface area contributed by atoms with Crippen molar-refractivity contribution in [2.45, 2.75) is 13.3 Å². The second-order valence-corrected chi connectivity index (χ2v) is 5.15. The molecule has 0 radical (unpaired) electrons. The van der Waals surface area contributed by atoms with Crippen LogP contribution >= 0.6 is 27.5 Å². The van der Waals surface area contributed by atoms with Crippen molar-refractivity contribution in [2.75, 3.05) is 12.4 Å². The summed E-state index contributed by atoms with van der Waals surface area (Å²) in [6, 6.07) is 7.39. The lowest BCUT2D eigenvalue weighted by Gasteiger charge is -2.09. The van der Waals surface area contributed by atoms with E-state index in [1.54, 1.807) is 13.2 Å². The summed E-state index contributed by atoms with van der Waals surface area (Å²) in [4.78, 5) is 8.50. The Kier molecular flexibility index (Phi) is 4.61. The second-order valence-electron chi connectivity index (χ2n) is 3.85. The Morgan fingerprint density at radius 3 is 2.74 bits per heavy atom. The molecule has 0 saturated carbocycles. The van der Waals surface area contributed by atoms with Gasteiger partial charge in [-0.05, 0) is 12.1 Å². The zero-order valence-electron chi connectivity index (χ0n) is 10.6. The van der Waals surface area contributed by atoms with Gasteiger partial charge in [0.25, 0.3) is 0 Å². The van der Waals surface area contributed by atoms with E-state index in [9.17, 15) is 0 Å². The van der Waals surface area contributed by atoms with Gasteiger partial charge in [-0.15, -0.1) is 0 Å². The first-order valence-corrected chi connectivity index (χ1v) is 6.93. The molecule has 1 N–H and O–H groups in total. The number of hydrogen-bond donors (Lipinski definition) is 1. The van der Waals surface area contributed by atoms with Crippen molar-refractivity contribution in [1.29, 1.82) is 0 Å². The van der Waals surface area contributed by atoms with Gasteiger partial charge in [-0.1, -0.05) is 34.5 Å². The van der Waals surface area contributed by atoms with Crippen LogP contribution in [0.4, 0.5) is 11.5 Å². The van der Waals surface area contributed by atoms with E-state index in [0.717, 1.165) is 22.3 Å². The van der Waals surface area contributed by atoms with Crippen LogP contribution in [-0.4, -0.2) is 17.1 Å². The number of hydrogen-bond acceptors (Lipinski definition) is 4. The molecule has 0 spiro atoms. The van der Waals surface area contributed by atoms with Crippen LogP contribution < -0.4 is 10.1 Å². The minimum atomic E-state index is 0.427. The van der Waals surface area contributed by atoms with E-state index in [-0.39, 0.29) is 0 Å². The van der Waals surface area contributed by atoms with Gasteiger partial charge in [0.05, 0.1) is 7.11 Å². The first-order chi connectivity index (χ1) is 9.10. The number of halogens is 2. The summed E-state index contributed by atoms with van der Waals surface area (Å²) in [5, 5.41) is 3.62. The van der Waals surface area contributed by atoms with Crippen molar-refractivity contribution in [3.63, 3.8) is 0 Å². The molecule has 0 aliphatic heterocycles. The monoisotopic (exact) mass is 341 g/mol. The SMILES string of the molecule is CCc1nc(Cl)cc(Nc2cc(Br)cc(OC)c2)n1. The Balaban J connectivity index is 2.30. The summed E-state index contributed by atoms with van der Waals surface area (Å²) >= 11 is 9.39. The number of methoxy groups -OCH3 is 1. The van der Waals surface area contributed by atoms with E-state index in [2.05, 4.69) is 31.2 Å². The predicted molar refractivity (Wildman–Crippen MR) is 80.4 cm³/mol. The first-order valence-electron chi connectivity index (χ1n) is 5.75. The molecule has 0 atom stereocenters. The average molecular weight is 343 g/mol. The Morgan fingerprint density at radius 2 is 2.05 bits per heavy atom. The minimum absolute atomic E-state index is 0.427. The third-order valence-electron chi connectivity index (χ3n) is 2.44. The summed E-state index contributed by atoms with van der Waals surface area (Å²) in [5.74, 6) is 2.13. The summed E-state index contributed by atoms with van der Waals surface area (Å²) in [5.41, 5.74) is 0.864. The maximum Gasteiger partial charge on any atom is 0.135 e. The summed E-state index contributed by atoms with van der Waals surface area (Å²) < 4.78 is 6.13. The fourth-order valence-electron chi connectivity index (χ4n) is 1.59. The van der Waals surface area contributed by atoms with Crippen LogP contribution in [0.15, 0.2) is 28.7 Å². The van der Waals surface area contributed by atoms with Gasteiger partial charge in [-0.25, -0.2) is 9.97 Å². The van der Waals surface area contributed by atoms with Crippen molar-refractivity contribution >= 4 is 39.0 Å². The highest BCUT2D eigenvalue weighted by Gasteiger charge is 2.04. The number of aromatic nitrogens is 2. The molecule has 2 aromatic rings. The Labute approximate surface area is 125 Å². The van der Waals surface area contributed by atoms with E-state index >= 15 is 0 Å². The Morgan fingerprint density at radius 1 is 1.26 bits per heavy atom. The molecular weight excluding hydrogens is 330 g/mol. The molecule has 0 saturated heterocycles. The molecule has 0 unspecified atom stereocenters. The average Bonchev–Trinajstić information content (AvgIpc) is 2.37.